The summed E-state index contributed by atoms with van der Waals surface area (Å²) in [6.07, 6.45) is 67.5. The van der Waals surface area contributed by atoms with Gasteiger partial charge in [-0.05, 0) is 103 Å². The minimum Gasteiger partial charge on any atom is -0.462 e. The van der Waals surface area contributed by atoms with Gasteiger partial charge in [0.05, 0.1) is 0 Å². The first-order valence-electron chi connectivity index (χ1n) is 24.6. The van der Waals surface area contributed by atoms with Gasteiger partial charge < -0.3 is 14.2 Å². The smallest absolute Gasteiger partial charge is 0.306 e. The van der Waals surface area contributed by atoms with E-state index in [0.29, 0.717) is 19.3 Å². The van der Waals surface area contributed by atoms with Crippen molar-refractivity contribution < 1.29 is 28.6 Å². The van der Waals surface area contributed by atoms with Crippen molar-refractivity contribution in [2.45, 2.75) is 200 Å². The number of hydrogen-bond donors (Lipinski definition) is 0. The zero-order valence-corrected chi connectivity index (χ0v) is 39.6. The van der Waals surface area contributed by atoms with Crippen LogP contribution in [0.3, 0.4) is 0 Å². The Hall–Kier alpha value is -4.19. The molecule has 0 saturated heterocycles. The van der Waals surface area contributed by atoms with E-state index >= 15 is 0 Å². The summed E-state index contributed by atoms with van der Waals surface area (Å²) in [4.78, 5) is 37.9. The summed E-state index contributed by atoms with van der Waals surface area (Å²) in [5.41, 5.74) is 0. The maximum atomic E-state index is 12.8. The SMILES string of the molecule is CC/C=C/C=C/C=C/C=C/CCCCCC(=O)OCC(COC(=O)CCCCC/C=C/C/C=C/C/C=C/C/C=C/CC)OC(=O)CCCCCCCC/C=C/C=C/CCCCC. The molecular formula is C56H88O6. The fourth-order valence-corrected chi connectivity index (χ4v) is 6.14. The Morgan fingerprint density at radius 1 is 0.355 bits per heavy atom. The number of ether oxygens (including phenoxy) is 3. The molecule has 0 amide bonds. The van der Waals surface area contributed by atoms with Crippen molar-refractivity contribution in [3.63, 3.8) is 0 Å². The third kappa shape index (κ3) is 46.9. The van der Waals surface area contributed by atoms with E-state index in [2.05, 4.69) is 106 Å². The lowest BCUT2D eigenvalue weighted by Gasteiger charge is -2.18. The van der Waals surface area contributed by atoms with Crippen molar-refractivity contribution in [3.8, 4) is 0 Å². The van der Waals surface area contributed by atoms with Crippen molar-refractivity contribution in [2.24, 2.45) is 0 Å². The van der Waals surface area contributed by atoms with Crippen molar-refractivity contribution in [2.75, 3.05) is 13.2 Å². The molecule has 0 aromatic rings. The molecule has 0 spiro atoms. The summed E-state index contributed by atoms with van der Waals surface area (Å²) in [7, 11) is 0. The fourth-order valence-electron chi connectivity index (χ4n) is 6.14. The lowest BCUT2D eigenvalue weighted by molar-refractivity contribution is -0.167. The fraction of sp³-hybridized carbons (Fsp3) is 0.589. The topological polar surface area (TPSA) is 78.9 Å². The minimum absolute atomic E-state index is 0.116. The van der Waals surface area contributed by atoms with E-state index in [1.54, 1.807) is 0 Å². The Bertz CT molecular complexity index is 1350. The van der Waals surface area contributed by atoms with Crippen LogP contribution in [0, 0.1) is 0 Å². The van der Waals surface area contributed by atoms with Crippen LogP contribution in [0.2, 0.25) is 0 Å². The molecule has 348 valence electrons. The highest BCUT2D eigenvalue weighted by atomic mass is 16.6. The van der Waals surface area contributed by atoms with Crippen LogP contribution in [0.15, 0.2) is 122 Å². The molecule has 0 rings (SSSR count). The largest absolute Gasteiger partial charge is 0.462 e. The third-order valence-corrected chi connectivity index (χ3v) is 9.80. The first kappa shape index (κ1) is 57.8. The number of unbranched alkanes of at least 4 members (excludes halogenated alkanes) is 15. The monoisotopic (exact) mass is 857 g/mol. The zero-order chi connectivity index (χ0) is 45.1. The standard InChI is InChI=1S/C56H88O6/c1-4-7-10-13-16-19-22-25-27-29-31-34-37-40-43-46-49-55(58)61-52-53(51-60-54(57)48-45-42-39-36-33-30-24-21-18-15-12-9-6-3)62-56(59)50-47-44-41-38-35-32-28-26-23-20-17-14-11-8-5-2/h7,9-10,12,15-21,23-27,30-31,33-34,53H,4-6,8,11,13-14,22,28-29,32,35-52H2,1-3H3/b10-7+,12-9+,18-15+,19-16+,20-17+,24-21+,26-23+,27-25+,33-30+,34-31+. The molecule has 0 radical (unpaired) electrons. The molecule has 62 heavy (non-hydrogen) atoms. The van der Waals surface area contributed by atoms with E-state index in [-0.39, 0.29) is 31.1 Å². The second-order valence-electron chi connectivity index (χ2n) is 15.7. The number of allylic oxidation sites excluding steroid dienone is 20. The Morgan fingerprint density at radius 3 is 1.21 bits per heavy atom. The van der Waals surface area contributed by atoms with Gasteiger partial charge in [-0.3, -0.25) is 14.4 Å². The highest BCUT2D eigenvalue weighted by Gasteiger charge is 2.19. The molecule has 0 bridgehead atoms. The first-order valence-corrected chi connectivity index (χ1v) is 24.6. The molecular weight excluding hydrogens is 769 g/mol. The highest BCUT2D eigenvalue weighted by Crippen LogP contribution is 2.12. The Kier molecular flexibility index (Phi) is 46.1. The van der Waals surface area contributed by atoms with Gasteiger partial charge in [-0.2, -0.15) is 0 Å². The Labute approximate surface area is 380 Å². The molecule has 0 aromatic carbocycles. The summed E-state index contributed by atoms with van der Waals surface area (Å²) in [6.45, 7) is 6.25. The zero-order valence-electron chi connectivity index (χ0n) is 39.6. The summed E-state index contributed by atoms with van der Waals surface area (Å²) >= 11 is 0. The van der Waals surface area contributed by atoms with E-state index < -0.39 is 6.10 Å². The molecule has 0 heterocycles. The van der Waals surface area contributed by atoms with Gasteiger partial charge in [-0.25, -0.2) is 0 Å². The predicted octanol–water partition coefficient (Wildman–Crippen LogP) is 16.1. The lowest BCUT2D eigenvalue weighted by atomic mass is 10.1. The minimum atomic E-state index is -0.816. The average Bonchev–Trinajstić information content (AvgIpc) is 3.27. The lowest BCUT2D eigenvalue weighted by Crippen LogP contribution is -2.30. The molecule has 0 aliphatic heterocycles. The van der Waals surface area contributed by atoms with Crippen LogP contribution in [0.5, 0.6) is 0 Å². The summed E-state index contributed by atoms with van der Waals surface area (Å²) in [5.74, 6) is -1.01. The van der Waals surface area contributed by atoms with Crippen LogP contribution in [0.1, 0.15) is 194 Å². The van der Waals surface area contributed by atoms with Crippen LogP contribution in [-0.2, 0) is 28.6 Å². The number of rotatable bonds is 42. The summed E-state index contributed by atoms with van der Waals surface area (Å²) in [6, 6.07) is 0. The molecule has 1 atom stereocenters. The molecule has 0 aliphatic rings. The first-order chi connectivity index (χ1) is 30.5. The number of carbonyl (C=O) groups excluding carboxylic acids is 3. The Morgan fingerprint density at radius 2 is 0.710 bits per heavy atom. The van der Waals surface area contributed by atoms with Crippen LogP contribution in [0.25, 0.3) is 0 Å². The van der Waals surface area contributed by atoms with Gasteiger partial charge in [-0.15, -0.1) is 0 Å². The third-order valence-electron chi connectivity index (χ3n) is 9.80. The average molecular weight is 857 g/mol. The van der Waals surface area contributed by atoms with Crippen molar-refractivity contribution in [1.29, 1.82) is 0 Å². The van der Waals surface area contributed by atoms with E-state index in [1.165, 1.54) is 32.1 Å². The molecule has 0 N–H and O–H groups in total. The molecule has 0 fully saturated rings. The normalized spacial score (nSPS) is 13.1. The van der Waals surface area contributed by atoms with Crippen LogP contribution in [-0.4, -0.2) is 37.2 Å². The van der Waals surface area contributed by atoms with Crippen molar-refractivity contribution in [1.82, 2.24) is 0 Å². The Balaban J connectivity index is 4.55. The van der Waals surface area contributed by atoms with Gasteiger partial charge in [-0.1, -0.05) is 194 Å². The highest BCUT2D eigenvalue weighted by molar-refractivity contribution is 5.71. The van der Waals surface area contributed by atoms with Crippen LogP contribution in [0.4, 0.5) is 0 Å². The molecule has 6 heteroatoms. The van der Waals surface area contributed by atoms with Crippen molar-refractivity contribution in [3.05, 3.63) is 122 Å². The maximum Gasteiger partial charge on any atom is 0.306 e. The summed E-state index contributed by atoms with van der Waals surface area (Å²) in [5, 5.41) is 0. The summed E-state index contributed by atoms with van der Waals surface area (Å²) < 4.78 is 16.7. The predicted molar refractivity (Wildman–Crippen MR) is 265 cm³/mol. The quantitative estimate of drug-likeness (QED) is 0.0200. The number of hydrogen-bond acceptors (Lipinski definition) is 6. The van der Waals surface area contributed by atoms with E-state index in [1.807, 2.05) is 36.5 Å². The number of carbonyl (C=O) groups is 3. The molecule has 0 saturated carbocycles. The van der Waals surface area contributed by atoms with E-state index in [9.17, 15) is 14.4 Å². The van der Waals surface area contributed by atoms with Crippen molar-refractivity contribution >= 4 is 17.9 Å². The maximum absolute atomic E-state index is 12.8. The molecule has 1 unspecified atom stereocenters. The van der Waals surface area contributed by atoms with Gasteiger partial charge in [0, 0.05) is 19.3 Å². The number of esters is 3. The van der Waals surface area contributed by atoms with E-state index in [0.717, 1.165) is 122 Å². The second kappa shape index (κ2) is 49.5. The van der Waals surface area contributed by atoms with Gasteiger partial charge in [0.25, 0.3) is 0 Å². The van der Waals surface area contributed by atoms with Crippen LogP contribution < -0.4 is 0 Å². The van der Waals surface area contributed by atoms with Gasteiger partial charge in [0.1, 0.15) is 13.2 Å². The van der Waals surface area contributed by atoms with Crippen LogP contribution >= 0.6 is 0 Å². The molecule has 0 aliphatic carbocycles. The van der Waals surface area contributed by atoms with Gasteiger partial charge in [0.2, 0.25) is 0 Å². The van der Waals surface area contributed by atoms with Gasteiger partial charge >= 0.3 is 17.9 Å². The molecule has 6 nitrogen and oxygen atoms in total. The van der Waals surface area contributed by atoms with Gasteiger partial charge in [0.15, 0.2) is 6.10 Å². The molecule has 0 aromatic heterocycles. The second-order valence-corrected chi connectivity index (χ2v) is 15.7. The van der Waals surface area contributed by atoms with E-state index in [4.69, 9.17) is 14.2 Å².